The standard InChI is InChI=1S/C17H19N3O2.CH4/c18-16(11-5-7-13(21)8-6-11)15-14(9-10-19-17(15)22)20-12-3-1-2-4-12;/h5-10,12,18,21H,1-4H2,(H2,19,20,22);1H4. The maximum Gasteiger partial charge on any atom is 0.259 e. The fourth-order valence-electron chi connectivity index (χ4n) is 2.91. The first-order valence-corrected chi connectivity index (χ1v) is 7.51. The summed E-state index contributed by atoms with van der Waals surface area (Å²) in [5.41, 5.74) is 1.53. The molecule has 23 heavy (non-hydrogen) atoms. The van der Waals surface area contributed by atoms with Crippen LogP contribution in [0.15, 0.2) is 41.3 Å². The van der Waals surface area contributed by atoms with E-state index in [0.29, 0.717) is 22.9 Å². The molecule has 0 bridgehead atoms. The van der Waals surface area contributed by atoms with Crippen LogP contribution in [0.4, 0.5) is 5.69 Å². The van der Waals surface area contributed by atoms with Gasteiger partial charge in [0.1, 0.15) is 5.75 Å². The second-order valence-electron chi connectivity index (χ2n) is 5.64. The molecule has 0 atom stereocenters. The zero-order chi connectivity index (χ0) is 15.5. The van der Waals surface area contributed by atoms with Gasteiger partial charge in [0, 0.05) is 17.8 Å². The molecule has 0 saturated heterocycles. The number of aromatic hydroxyl groups is 1. The summed E-state index contributed by atoms with van der Waals surface area (Å²) in [6, 6.07) is 8.50. The lowest BCUT2D eigenvalue weighted by Crippen LogP contribution is -2.24. The SMILES string of the molecule is C.N=C(c1ccc(O)cc1)c1c(NC2CCCC2)cc[nH]c1=O. The summed E-state index contributed by atoms with van der Waals surface area (Å²) in [5.74, 6) is 0.142. The van der Waals surface area contributed by atoms with Crippen molar-refractivity contribution in [2.24, 2.45) is 0 Å². The zero-order valence-corrected chi connectivity index (χ0v) is 12.2. The highest BCUT2D eigenvalue weighted by Gasteiger charge is 2.19. The summed E-state index contributed by atoms with van der Waals surface area (Å²) >= 11 is 0. The fraction of sp³-hybridized carbons (Fsp3) is 0.333. The third kappa shape index (κ3) is 3.62. The van der Waals surface area contributed by atoms with Crippen molar-refractivity contribution in [1.29, 1.82) is 5.41 Å². The maximum atomic E-state index is 12.2. The predicted molar refractivity (Wildman–Crippen MR) is 93.7 cm³/mol. The van der Waals surface area contributed by atoms with Crippen molar-refractivity contribution < 1.29 is 5.11 Å². The molecule has 0 amide bonds. The number of hydrogen-bond donors (Lipinski definition) is 4. The molecule has 122 valence electrons. The third-order valence-electron chi connectivity index (χ3n) is 4.08. The normalized spacial score (nSPS) is 14.3. The van der Waals surface area contributed by atoms with Gasteiger partial charge >= 0.3 is 0 Å². The molecule has 0 radical (unpaired) electrons. The molecule has 1 aliphatic carbocycles. The van der Waals surface area contributed by atoms with E-state index in [-0.39, 0.29) is 24.4 Å². The van der Waals surface area contributed by atoms with Gasteiger partial charge < -0.3 is 15.4 Å². The van der Waals surface area contributed by atoms with Gasteiger partial charge in [-0.25, -0.2) is 0 Å². The highest BCUT2D eigenvalue weighted by Crippen LogP contribution is 2.24. The number of rotatable bonds is 4. The second-order valence-corrected chi connectivity index (χ2v) is 5.64. The van der Waals surface area contributed by atoms with Crippen LogP contribution in [-0.4, -0.2) is 21.8 Å². The average Bonchev–Trinajstić information content (AvgIpc) is 3.01. The molecule has 1 aliphatic rings. The van der Waals surface area contributed by atoms with Gasteiger partial charge in [-0.1, -0.05) is 20.3 Å². The van der Waals surface area contributed by atoms with Crippen LogP contribution in [0.25, 0.3) is 0 Å². The van der Waals surface area contributed by atoms with E-state index in [0.717, 1.165) is 12.8 Å². The monoisotopic (exact) mass is 313 g/mol. The molecule has 5 heteroatoms. The predicted octanol–water partition coefficient (Wildman–Crippen LogP) is 3.49. The molecule has 3 rings (SSSR count). The number of aromatic nitrogens is 1. The summed E-state index contributed by atoms with van der Waals surface area (Å²) in [7, 11) is 0. The van der Waals surface area contributed by atoms with Crippen LogP contribution in [-0.2, 0) is 0 Å². The summed E-state index contributed by atoms with van der Waals surface area (Å²) in [6.07, 6.45) is 6.20. The van der Waals surface area contributed by atoms with E-state index in [1.165, 1.54) is 25.0 Å². The molecular formula is C18H23N3O2. The van der Waals surface area contributed by atoms with E-state index in [2.05, 4.69) is 10.3 Å². The zero-order valence-electron chi connectivity index (χ0n) is 12.2. The van der Waals surface area contributed by atoms with E-state index in [1.807, 2.05) is 6.07 Å². The lowest BCUT2D eigenvalue weighted by atomic mass is 10.0. The van der Waals surface area contributed by atoms with E-state index in [1.54, 1.807) is 18.3 Å². The molecule has 1 aromatic carbocycles. The molecule has 1 fully saturated rings. The Hall–Kier alpha value is -2.56. The van der Waals surface area contributed by atoms with Gasteiger partial charge in [-0.2, -0.15) is 0 Å². The highest BCUT2D eigenvalue weighted by molar-refractivity contribution is 6.13. The van der Waals surface area contributed by atoms with Crippen LogP contribution < -0.4 is 10.9 Å². The first kappa shape index (κ1) is 16.8. The van der Waals surface area contributed by atoms with Crippen molar-refractivity contribution in [3.63, 3.8) is 0 Å². The van der Waals surface area contributed by atoms with E-state index >= 15 is 0 Å². The number of H-pyrrole nitrogens is 1. The van der Waals surface area contributed by atoms with Gasteiger partial charge in [0.15, 0.2) is 0 Å². The Kier molecular flexibility index (Phi) is 5.21. The molecule has 1 saturated carbocycles. The first-order valence-electron chi connectivity index (χ1n) is 7.51. The second kappa shape index (κ2) is 7.13. The Labute approximate surface area is 135 Å². The van der Waals surface area contributed by atoms with Gasteiger partial charge in [0.05, 0.1) is 17.0 Å². The summed E-state index contributed by atoms with van der Waals surface area (Å²) < 4.78 is 0. The number of benzene rings is 1. The van der Waals surface area contributed by atoms with Crippen LogP contribution in [0.3, 0.4) is 0 Å². The minimum atomic E-state index is -0.277. The fourth-order valence-corrected chi connectivity index (χ4v) is 2.91. The van der Waals surface area contributed by atoms with Crippen molar-refractivity contribution in [2.45, 2.75) is 39.2 Å². The van der Waals surface area contributed by atoms with Crippen LogP contribution >= 0.6 is 0 Å². The van der Waals surface area contributed by atoms with E-state index in [9.17, 15) is 9.90 Å². The first-order chi connectivity index (χ1) is 10.6. The minimum Gasteiger partial charge on any atom is -0.508 e. The molecular weight excluding hydrogens is 290 g/mol. The molecule has 1 heterocycles. The van der Waals surface area contributed by atoms with Crippen LogP contribution in [0, 0.1) is 5.41 Å². The molecule has 0 aliphatic heterocycles. The molecule has 0 unspecified atom stereocenters. The molecule has 5 nitrogen and oxygen atoms in total. The van der Waals surface area contributed by atoms with Crippen molar-refractivity contribution in [2.75, 3.05) is 5.32 Å². The lowest BCUT2D eigenvalue weighted by Gasteiger charge is -2.17. The van der Waals surface area contributed by atoms with Crippen molar-refractivity contribution in [1.82, 2.24) is 4.98 Å². The third-order valence-corrected chi connectivity index (χ3v) is 4.08. The van der Waals surface area contributed by atoms with Crippen molar-refractivity contribution in [3.05, 3.63) is 58.0 Å². The topological polar surface area (TPSA) is 89.0 Å². The molecule has 1 aromatic heterocycles. The summed E-state index contributed by atoms with van der Waals surface area (Å²) in [5, 5.41) is 21.1. The largest absolute Gasteiger partial charge is 0.508 e. The van der Waals surface area contributed by atoms with E-state index < -0.39 is 0 Å². The van der Waals surface area contributed by atoms with Crippen molar-refractivity contribution in [3.8, 4) is 5.75 Å². The number of aromatic amines is 1. The quantitative estimate of drug-likeness (QED) is 0.651. The average molecular weight is 313 g/mol. The van der Waals surface area contributed by atoms with E-state index in [4.69, 9.17) is 5.41 Å². The number of phenolic OH excluding ortho intramolecular Hbond substituents is 1. The maximum absolute atomic E-state index is 12.2. The summed E-state index contributed by atoms with van der Waals surface area (Å²) in [6.45, 7) is 0. The number of pyridine rings is 1. The number of phenols is 1. The summed E-state index contributed by atoms with van der Waals surface area (Å²) in [4.78, 5) is 14.9. The number of anilines is 1. The Morgan fingerprint density at radius 3 is 2.48 bits per heavy atom. The number of hydrogen-bond acceptors (Lipinski definition) is 4. The number of nitrogens with one attached hydrogen (secondary N) is 3. The smallest absolute Gasteiger partial charge is 0.259 e. The molecule has 0 spiro atoms. The Bertz CT molecular complexity index is 729. The highest BCUT2D eigenvalue weighted by atomic mass is 16.3. The van der Waals surface area contributed by atoms with Gasteiger partial charge in [0.25, 0.3) is 5.56 Å². The van der Waals surface area contributed by atoms with Crippen LogP contribution in [0.5, 0.6) is 5.75 Å². The molecule has 2 aromatic rings. The van der Waals surface area contributed by atoms with Gasteiger partial charge in [-0.15, -0.1) is 0 Å². The lowest BCUT2D eigenvalue weighted by molar-refractivity contribution is 0.475. The van der Waals surface area contributed by atoms with Gasteiger partial charge in [0.2, 0.25) is 0 Å². The Balaban J connectivity index is 0.00000192. The minimum absolute atomic E-state index is 0. The molecule has 4 N–H and O–H groups in total. The van der Waals surface area contributed by atoms with Gasteiger partial charge in [-0.3, -0.25) is 10.2 Å². The van der Waals surface area contributed by atoms with Crippen LogP contribution in [0.1, 0.15) is 44.2 Å². The Morgan fingerprint density at radius 1 is 1.17 bits per heavy atom. The Morgan fingerprint density at radius 2 is 1.83 bits per heavy atom. The van der Waals surface area contributed by atoms with Crippen molar-refractivity contribution >= 4 is 11.4 Å². The van der Waals surface area contributed by atoms with Gasteiger partial charge in [-0.05, 0) is 43.2 Å². The van der Waals surface area contributed by atoms with Crippen LogP contribution in [0.2, 0.25) is 0 Å².